The van der Waals surface area contributed by atoms with Crippen LogP contribution < -0.4 is 10.2 Å². The summed E-state index contributed by atoms with van der Waals surface area (Å²) in [6, 6.07) is 2.22. The number of hydrogen-bond donors (Lipinski definition) is 1. The van der Waals surface area contributed by atoms with Crippen LogP contribution in [0.1, 0.15) is 31.4 Å². The van der Waals surface area contributed by atoms with Gasteiger partial charge < -0.3 is 15.0 Å². The fourth-order valence-electron chi connectivity index (χ4n) is 2.08. The SMILES string of the molecule is CCCNCc1cnc(N(CC)CCOC)c(C)c1. The molecule has 0 saturated carbocycles. The molecule has 1 aromatic heterocycles. The van der Waals surface area contributed by atoms with Crippen LogP contribution in [0.5, 0.6) is 0 Å². The summed E-state index contributed by atoms with van der Waals surface area (Å²) in [6.07, 6.45) is 3.13. The quantitative estimate of drug-likeness (QED) is 0.696. The van der Waals surface area contributed by atoms with Crippen molar-refractivity contribution in [2.45, 2.75) is 33.7 Å². The normalized spacial score (nSPS) is 10.7. The topological polar surface area (TPSA) is 37.4 Å². The first-order valence-electron chi connectivity index (χ1n) is 7.13. The number of hydrogen-bond acceptors (Lipinski definition) is 4. The fourth-order valence-corrected chi connectivity index (χ4v) is 2.08. The maximum absolute atomic E-state index is 5.15. The van der Waals surface area contributed by atoms with E-state index < -0.39 is 0 Å². The summed E-state index contributed by atoms with van der Waals surface area (Å²) in [7, 11) is 1.73. The zero-order valence-corrected chi connectivity index (χ0v) is 12.7. The summed E-state index contributed by atoms with van der Waals surface area (Å²) < 4.78 is 5.15. The van der Waals surface area contributed by atoms with Gasteiger partial charge in [0.2, 0.25) is 0 Å². The minimum absolute atomic E-state index is 0.731. The van der Waals surface area contributed by atoms with Gasteiger partial charge in [0.25, 0.3) is 0 Å². The zero-order chi connectivity index (χ0) is 14.1. The Balaban J connectivity index is 2.69. The van der Waals surface area contributed by atoms with Crippen LogP contribution in [0.4, 0.5) is 5.82 Å². The van der Waals surface area contributed by atoms with Crippen molar-refractivity contribution in [1.29, 1.82) is 0 Å². The second-order valence-corrected chi connectivity index (χ2v) is 4.73. The number of nitrogens with zero attached hydrogens (tertiary/aromatic N) is 2. The highest BCUT2D eigenvalue weighted by Gasteiger charge is 2.09. The lowest BCUT2D eigenvalue weighted by atomic mass is 10.2. The van der Waals surface area contributed by atoms with Crippen LogP contribution >= 0.6 is 0 Å². The molecule has 0 aliphatic rings. The van der Waals surface area contributed by atoms with Gasteiger partial charge in [0.1, 0.15) is 5.82 Å². The highest BCUT2D eigenvalue weighted by atomic mass is 16.5. The van der Waals surface area contributed by atoms with Gasteiger partial charge in [-0.1, -0.05) is 6.92 Å². The molecule has 4 nitrogen and oxygen atoms in total. The maximum Gasteiger partial charge on any atom is 0.131 e. The summed E-state index contributed by atoms with van der Waals surface area (Å²) >= 11 is 0. The number of nitrogens with one attached hydrogen (secondary N) is 1. The molecule has 4 heteroatoms. The number of anilines is 1. The summed E-state index contributed by atoms with van der Waals surface area (Å²) in [5.74, 6) is 1.07. The van der Waals surface area contributed by atoms with E-state index in [4.69, 9.17) is 4.74 Å². The Bertz CT molecular complexity index is 368. The molecule has 0 radical (unpaired) electrons. The van der Waals surface area contributed by atoms with E-state index in [0.717, 1.165) is 45.0 Å². The van der Waals surface area contributed by atoms with Crippen LogP contribution in [-0.4, -0.2) is 38.3 Å². The van der Waals surface area contributed by atoms with Crippen molar-refractivity contribution in [2.75, 3.05) is 38.3 Å². The van der Waals surface area contributed by atoms with Gasteiger partial charge in [0.15, 0.2) is 0 Å². The van der Waals surface area contributed by atoms with Gasteiger partial charge >= 0.3 is 0 Å². The van der Waals surface area contributed by atoms with Gasteiger partial charge in [-0.15, -0.1) is 0 Å². The molecule has 0 saturated heterocycles. The summed E-state index contributed by atoms with van der Waals surface area (Å²) in [5.41, 5.74) is 2.48. The first kappa shape index (κ1) is 15.9. The van der Waals surface area contributed by atoms with Crippen LogP contribution in [0.15, 0.2) is 12.3 Å². The molecule has 0 atom stereocenters. The molecular formula is C15H27N3O. The Hall–Kier alpha value is -1.13. The van der Waals surface area contributed by atoms with Crippen molar-refractivity contribution in [2.24, 2.45) is 0 Å². The molecule has 0 spiro atoms. The van der Waals surface area contributed by atoms with Crippen LogP contribution in [0.25, 0.3) is 0 Å². The van der Waals surface area contributed by atoms with E-state index >= 15 is 0 Å². The molecule has 0 bridgehead atoms. The molecule has 19 heavy (non-hydrogen) atoms. The van der Waals surface area contributed by atoms with Gasteiger partial charge in [-0.25, -0.2) is 4.98 Å². The Morgan fingerprint density at radius 1 is 1.37 bits per heavy atom. The van der Waals surface area contributed by atoms with Crippen molar-refractivity contribution in [3.63, 3.8) is 0 Å². The number of aryl methyl sites for hydroxylation is 1. The first-order chi connectivity index (χ1) is 9.22. The van der Waals surface area contributed by atoms with Crippen molar-refractivity contribution in [3.05, 3.63) is 23.4 Å². The molecule has 0 amide bonds. The third kappa shape index (κ3) is 5.17. The number of pyridine rings is 1. The molecule has 1 aromatic rings. The Morgan fingerprint density at radius 3 is 2.74 bits per heavy atom. The lowest BCUT2D eigenvalue weighted by Crippen LogP contribution is -2.28. The molecule has 0 aromatic carbocycles. The molecule has 108 valence electrons. The van der Waals surface area contributed by atoms with E-state index in [-0.39, 0.29) is 0 Å². The van der Waals surface area contributed by atoms with E-state index in [1.807, 2.05) is 6.20 Å². The predicted octanol–water partition coefficient (Wildman–Crippen LogP) is 2.36. The average molecular weight is 265 g/mol. The second-order valence-electron chi connectivity index (χ2n) is 4.73. The van der Waals surface area contributed by atoms with Crippen LogP contribution in [0.3, 0.4) is 0 Å². The van der Waals surface area contributed by atoms with Crippen molar-refractivity contribution in [3.8, 4) is 0 Å². The zero-order valence-electron chi connectivity index (χ0n) is 12.7. The number of methoxy groups -OCH3 is 1. The highest BCUT2D eigenvalue weighted by Crippen LogP contribution is 2.17. The highest BCUT2D eigenvalue weighted by molar-refractivity contribution is 5.47. The van der Waals surface area contributed by atoms with Gasteiger partial charge in [0.05, 0.1) is 6.61 Å². The lowest BCUT2D eigenvalue weighted by Gasteiger charge is -2.23. The molecule has 1 heterocycles. The van der Waals surface area contributed by atoms with Gasteiger partial charge in [-0.05, 0) is 44.0 Å². The molecule has 0 unspecified atom stereocenters. The molecular weight excluding hydrogens is 238 g/mol. The molecule has 0 aliphatic carbocycles. The molecule has 0 fully saturated rings. The molecule has 0 aliphatic heterocycles. The first-order valence-corrected chi connectivity index (χ1v) is 7.13. The minimum Gasteiger partial charge on any atom is -0.383 e. The standard InChI is InChI=1S/C15H27N3O/c1-5-7-16-11-14-10-13(3)15(17-12-14)18(6-2)8-9-19-4/h10,12,16H,5-9,11H2,1-4H3. The number of likely N-dealkylation sites (N-methyl/N-ethyl adjacent to an activating group) is 1. The third-order valence-electron chi connectivity index (χ3n) is 3.11. The smallest absolute Gasteiger partial charge is 0.131 e. The largest absolute Gasteiger partial charge is 0.383 e. The second kappa shape index (κ2) is 8.88. The number of ether oxygens (including phenoxy) is 1. The monoisotopic (exact) mass is 265 g/mol. The fraction of sp³-hybridized carbons (Fsp3) is 0.667. The van der Waals surface area contributed by atoms with E-state index in [2.05, 4.69) is 42.0 Å². The van der Waals surface area contributed by atoms with Gasteiger partial charge in [-0.3, -0.25) is 0 Å². The third-order valence-corrected chi connectivity index (χ3v) is 3.11. The Labute approximate surface area is 117 Å². The van der Waals surface area contributed by atoms with E-state index in [0.29, 0.717) is 0 Å². The van der Waals surface area contributed by atoms with Crippen molar-refractivity contribution in [1.82, 2.24) is 10.3 Å². The lowest BCUT2D eigenvalue weighted by molar-refractivity contribution is 0.205. The maximum atomic E-state index is 5.15. The van der Waals surface area contributed by atoms with Crippen LogP contribution in [-0.2, 0) is 11.3 Å². The molecule has 1 N–H and O–H groups in total. The van der Waals surface area contributed by atoms with Gasteiger partial charge in [-0.2, -0.15) is 0 Å². The van der Waals surface area contributed by atoms with Crippen molar-refractivity contribution < 1.29 is 4.74 Å². The Kier molecular flexibility index (Phi) is 7.45. The van der Waals surface area contributed by atoms with Crippen molar-refractivity contribution >= 4 is 5.82 Å². The Morgan fingerprint density at radius 2 is 2.16 bits per heavy atom. The number of rotatable bonds is 9. The van der Waals surface area contributed by atoms with Gasteiger partial charge in [0, 0.05) is 32.9 Å². The van der Waals surface area contributed by atoms with E-state index in [1.54, 1.807) is 7.11 Å². The van der Waals surface area contributed by atoms with E-state index in [9.17, 15) is 0 Å². The van der Waals surface area contributed by atoms with Crippen LogP contribution in [0.2, 0.25) is 0 Å². The predicted molar refractivity (Wildman–Crippen MR) is 80.7 cm³/mol. The summed E-state index contributed by atoms with van der Waals surface area (Å²) in [6.45, 7) is 11.0. The molecule has 1 rings (SSSR count). The average Bonchev–Trinajstić information content (AvgIpc) is 2.41. The minimum atomic E-state index is 0.731. The summed E-state index contributed by atoms with van der Waals surface area (Å²) in [4.78, 5) is 6.86. The number of aromatic nitrogens is 1. The van der Waals surface area contributed by atoms with E-state index in [1.165, 1.54) is 11.1 Å². The van der Waals surface area contributed by atoms with Crippen LogP contribution in [0, 0.1) is 6.92 Å². The summed E-state index contributed by atoms with van der Waals surface area (Å²) in [5, 5.41) is 3.40.